The Labute approximate surface area is 104 Å². The molecule has 0 amide bonds. The fourth-order valence-electron chi connectivity index (χ4n) is 1.84. The van der Waals surface area contributed by atoms with Crippen molar-refractivity contribution in [3.05, 3.63) is 28.3 Å². The van der Waals surface area contributed by atoms with E-state index in [9.17, 15) is 10.1 Å². The maximum Gasteiger partial charge on any atom is 0.292 e. The zero-order chi connectivity index (χ0) is 12.3. The number of anilines is 2. The average molecular weight is 253 g/mol. The van der Waals surface area contributed by atoms with Gasteiger partial charge >= 0.3 is 0 Å². The van der Waals surface area contributed by atoms with Crippen molar-refractivity contribution < 1.29 is 4.92 Å². The zero-order valence-electron chi connectivity index (χ0n) is 9.39. The Morgan fingerprint density at radius 3 is 3.00 bits per heavy atom. The molecule has 0 saturated carbocycles. The summed E-state index contributed by atoms with van der Waals surface area (Å²) in [4.78, 5) is 10.1. The quantitative estimate of drug-likeness (QED) is 0.489. The van der Waals surface area contributed by atoms with E-state index in [1.807, 2.05) is 11.8 Å². The van der Waals surface area contributed by atoms with Gasteiger partial charge in [-0.25, -0.2) is 0 Å². The Morgan fingerprint density at radius 1 is 1.59 bits per heavy atom. The van der Waals surface area contributed by atoms with Crippen molar-refractivity contribution in [1.29, 1.82) is 0 Å². The first-order valence-electron chi connectivity index (χ1n) is 5.52. The molecule has 1 aliphatic rings. The van der Waals surface area contributed by atoms with E-state index in [1.54, 1.807) is 12.1 Å². The Hall–Kier alpha value is -1.43. The fourth-order valence-corrected chi connectivity index (χ4v) is 3.12. The summed E-state index contributed by atoms with van der Waals surface area (Å²) in [6, 6.07) is 4.78. The van der Waals surface area contributed by atoms with Crippen LogP contribution in [0.1, 0.15) is 6.42 Å². The maximum atomic E-state index is 10.6. The third-order valence-corrected chi connectivity index (χ3v) is 4.07. The van der Waals surface area contributed by atoms with Crippen LogP contribution in [0.2, 0.25) is 0 Å². The number of nitrogens with two attached hydrogens (primary N) is 1. The molecule has 1 unspecified atom stereocenters. The van der Waals surface area contributed by atoms with Gasteiger partial charge < -0.3 is 11.1 Å². The summed E-state index contributed by atoms with van der Waals surface area (Å²) in [7, 11) is 0. The summed E-state index contributed by atoms with van der Waals surface area (Å²) in [5.74, 6) is 3.11. The molecule has 1 aromatic carbocycles. The van der Waals surface area contributed by atoms with Crippen LogP contribution in [0.4, 0.5) is 17.1 Å². The number of nitrogens with zero attached hydrogens (tertiary/aromatic N) is 1. The van der Waals surface area contributed by atoms with Gasteiger partial charge in [0.05, 0.1) is 4.92 Å². The van der Waals surface area contributed by atoms with Gasteiger partial charge in [-0.1, -0.05) is 0 Å². The topological polar surface area (TPSA) is 81.2 Å². The van der Waals surface area contributed by atoms with Gasteiger partial charge in [0.15, 0.2) is 0 Å². The number of nitro groups is 1. The van der Waals surface area contributed by atoms with Crippen molar-refractivity contribution in [2.75, 3.05) is 29.1 Å². The number of benzene rings is 1. The molecule has 1 atom stereocenters. The largest absolute Gasteiger partial charge is 0.393 e. The first kappa shape index (κ1) is 12.0. The predicted molar refractivity (Wildman–Crippen MR) is 71.4 cm³/mol. The van der Waals surface area contributed by atoms with Gasteiger partial charge in [-0.2, -0.15) is 11.8 Å². The molecule has 0 spiro atoms. The monoisotopic (exact) mass is 253 g/mol. The smallest absolute Gasteiger partial charge is 0.292 e. The molecule has 0 aliphatic carbocycles. The third-order valence-electron chi connectivity index (χ3n) is 2.84. The van der Waals surface area contributed by atoms with Crippen molar-refractivity contribution in [2.24, 2.45) is 5.92 Å². The lowest BCUT2D eigenvalue weighted by Crippen LogP contribution is -2.13. The maximum absolute atomic E-state index is 10.6. The number of rotatable bonds is 4. The van der Waals surface area contributed by atoms with Crippen LogP contribution in [0.5, 0.6) is 0 Å². The summed E-state index contributed by atoms with van der Waals surface area (Å²) >= 11 is 1.97. The van der Waals surface area contributed by atoms with Crippen LogP contribution in [0.3, 0.4) is 0 Å². The summed E-state index contributed by atoms with van der Waals surface area (Å²) < 4.78 is 0. The fraction of sp³-hybridized carbons (Fsp3) is 0.455. The van der Waals surface area contributed by atoms with Crippen molar-refractivity contribution in [3.8, 4) is 0 Å². The van der Waals surface area contributed by atoms with E-state index >= 15 is 0 Å². The van der Waals surface area contributed by atoms with Gasteiger partial charge in [0, 0.05) is 18.3 Å². The van der Waals surface area contributed by atoms with E-state index in [2.05, 4.69) is 5.32 Å². The molecule has 17 heavy (non-hydrogen) atoms. The standard InChI is InChI=1S/C11H15N3O2S/c12-10-5-9(1-2-11(10)14(15)16)13-6-8-3-4-17-7-8/h1-2,5,8,13H,3-4,6-7,12H2. The van der Waals surface area contributed by atoms with Gasteiger partial charge in [0.25, 0.3) is 5.69 Å². The van der Waals surface area contributed by atoms with E-state index in [-0.39, 0.29) is 11.4 Å². The van der Waals surface area contributed by atoms with Gasteiger partial charge in [0.2, 0.25) is 0 Å². The first-order valence-corrected chi connectivity index (χ1v) is 6.68. The molecule has 1 aliphatic heterocycles. The van der Waals surface area contributed by atoms with Crippen molar-refractivity contribution in [1.82, 2.24) is 0 Å². The van der Waals surface area contributed by atoms with Crippen LogP contribution in [-0.2, 0) is 0 Å². The van der Waals surface area contributed by atoms with E-state index in [4.69, 9.17) is 5.73 Å². The Bertz CT molecular complexity index is 419. The van der Waals surface area contributed by atoms with E-state index in [0.29, 0.717) is 5.92 Å². The molecular formula is C11H15N3O2S. The minimum atomic E-state index is -0.466. The molecule has 2 rings (SSSR count). The molecule has 1 fully saturated rings. The highest BCUT2D eigenvalue weighted by Gasteiger charge is 2.16. The van der Waals surface area contributed by atoms with Gasteiger partial charge in [-0.05, 0) is 36.0 Å². The highest BCUT2D eigenvalue weighted by atomic mass is 32.2. The Morgan fingerprint density at radius 2 is 2.41 bits per heavy atom. The molecule has 0 aromatic heterocycles. The van der Waals surface area contributed by atoms with Gasteiger partial charge in [-0.3, -0.25) is 10.1 Å². The van der Waals surface area contributed by atoms with Crippen LogP contribution < -0.4 is 11.1 Å². The Kier molecular flexibility index (Phi) is 3.73. The second-order valence-corrected chi connectivity index (χ2v) is 5.29. The van der Waals surface area contributed by atoms with Gasteiger partial charge in [-0.15, -0.1) is 0 Å². The molecule has 0 bridgehead atoms. The van der Waals surface area contributed by atoms with Crippen LogP contribution >= 0.6 is 11.8 Å². The minimum Gasteiger partial charge on any atom is -0.393 e. The first-order chi connectivity index (χ1) is 8.16. The average Bonchev–Trinajstić information content (AvgIpc) is 2.78. The van der Waals surface area contributed by atoms with Gasteiger partial charge in [0.1, 0.15) is 5.69 Å². The van der Waals surface area contributed by atoms with Crippen molar-refractivity contribution >= 4 is 28.8 Å². The molecule has 5 nitrogen and oxygen atoms in total. The lowest BCUT2D eigenvalue weighted by molar-refractivity contribution is -0.383. The molecule has 1 heterocycles. The normalized spacial score (nSPS) is 19.2. The lowest BCUT2D eigenvalue weighted by atomic mass is 10.1. The Balaban J connectivity index is 1.97. The summed E-state index contributed by atoms with van der Waals surface area (Å²) in [6.45, 7) is 0.907. The molecule has 1 aromatic rings. The second-order valence-electron chi connectivity index (χ2n) is 4.14. The highest BCUT2D eigenvalue weighted by molar-refractivity contribution is 7.99. The summed E-state index contributed by atoms with van der Waals surface area (Å²) in [6.07, 6.45) is 1.24. The number of nitrogen functional groups attached to an aromatic ring is 1. The molecule has 6 heteroatoms. The van der Waals surface area contributed by atoms with Crippen molar-refractivity contribution in [3.63, 3.8) is 0 Å². The van der Waals surface area contributed by atoms with Crippen LogP contribution in [0.15, 0.2) is 18.2 Å². The number of hydrogen-bond donors (Lipinski definition) is 2. The molecule has 92 valence electrons. The number of nitrogens with one attached hydrogen (secondary N) is 1. The lowest BCUT2D eigenvalue weighted by Gasteiger charge is -2.11. The molecule has 1 saturated heterocycles. The molecule has 3 N–H and O–H groups in total. The third kappa shape index (κ3) is 3.03. The minimum absolute atomic E-state index is 0.0352. The van der Waals surface area contributed by atoms with E-state index < -0.39 is 4.92 Å². The van der Waals surface area contributed by atoms with Crippen LogP contribution in [0.25, 0.3) is 0 Å². The van der Waals surface area contributed by atoms with E-state index in [1.165, 1.54) is 24.0 Å². The second kappa shape index (κ2) is 5.27. The number of thioether (sulfide) groups is 1. The predicted octanol–water partition coefficient (Wildman–Crippen LogP) is 2.34. The van der Waals surface area contributed by atoms with Crippen LogP contribution in [-0.4, -0.2) is 23.0 Å². The number of nitro benzene ring substituents is 1. The van der Waals surface area contributed by atoms with Crippen molar-refractivity contribution in [2.45, 2.75) is 6.42 Å². The highest BCUT2D eigenvalue weighted by Crippen LogP contribution is 2.26. The molecule has 0 radical (unpaired) electrons. The molecular weight excluding hydrogens is 238 g/mol. The SMILES string of the molecule is Nc1cc(NCC2CCSC2)ccc1[N+](=O)[O-]. The summed E-state index contributed by atoms with van der Waals surface area (Å²) in [5.41, 5.74) is 6.65. The van der Waals surface area contributed by atoms with E-state index in [0.717, 1.165) is 12.2 Å². The number of hydrogen-bond acceptors (Lipinski definition) is 5. The zero-order valence-corrected chi connectivity index (χ0v) is 10.2. The summed E-state index contributed by atoms with van der Waals surface area (Å²) in [5, 5.41) is 13.9. The van der Waals surface area contributed by atoms with Crippen LogP contribution in [0, 0.1) is 16.0 Å².